The first-order chi connectivity index (χ1) is 11.5. The standard InChI is InChI=1S/C19H27N3O2/c1-4-22(5-2)14-8-13-19(3,18(23)24)21-17-12-11-15-9-6-7-10-16(15)20-17/h6-7,9-12H,4-5,8,13-14H2,1-3H3,(H,20,21)(H,23,24). The minimum Gasteiger partial charge on any atom is -0.480 e. The van der Waals surface area contributed by atoms with E-state index >= 15 is 0 Å². The zero-order valence-corrected chi connectivity index (χ0v) is 14.7. The lowest BCUT2D eigenvalue weighted by Gasteiger charge is -2.28. The van der Waals surface area contributed by atoms with Crippen molar-refractivity contribution in [3.8, 4) is 0 Å². The lowest BCUT2D eigenvalue weighted by atomic mass is 9.95. The second-order valence-electron chi connectivity index (χ2n) is 6.28. The average molecular weight is 329 g/mol. The second-order valence-corrected chi connectivity index (χ2v) is 6.28. The van der Waals surface area contributed by atoms with Gasteiger partial charge in [0.2, 0.25) is 0 Å². The predicted octanol–water partition coefficient (Wildman–Crippen LogP) is 3.61. The molecular weight excluding hydrogens is 302 g/mol. The van der Waals surface area contributed by atoms with E-state index in [9.17, 15) is 9.90 Å². The molecule has 1 aromatic heterocycles. The van der Waals surface area contributed by atoms with Crippen LogP contribution >= 0.6 is 0 Å². The van der Waals surface area contributed by atoms with E-state index in [1.165, 1.54) is 0 Å². The van der Waals surface area contributed by atoms with Crippen LogP contribution in [-0.2, 0) is 4.79 Å². The molecular formula is C19H27N3O2. The summed E-state index contributed by atoms with van der Waals surface area (Å²) >= 11 is 0. The summed E-state index contributed by atoms with van der Waals surface area (Å²) in [5, 5.41) is 13.9. The highest BCUT2D eigenvalue weighted by Gasteiger charge is 2.33. The second kappa shape index (κ2) is 8.11. The van der Waals surface area contributed by atoms with Crippen molar-refractivity contribution < 1.29 is 9.90 Å². The van der Waals surface area contributed by atoms with Crippen LogP contribution in [0, 0.1) is 0 Å². The summed E-state index contributed by atoms with van der Waals surface area (Å²) < 4.78 is 0. The van der Waals surface area contributed by atoms with Crippen molar-refractivity contribution in [2.24, 2.45) is 0 Å². The maximum absolute atomic E-state index is 11.8. The number of benzene rings is 1. The number of fused-ring (bicyclic) bond motifs is 1. The van der Waals surface area contributed by atoms with E-state index < -0.39 is 11.5 Å². The van der Waals surface area contributed by atoms with Gasteiger partial charge in [0.25, 0.3) is 0 Å². The Kier molecular flexibility index (Phi) is 6.15. The topological polar surface area (TPSA) is 65.5 Å². The van der Waals surface area contributed by atoms with Gasteiger partial charge in [-0.1, -0.05) is 32.0 Å². The Hall–Kier alpha value is -2.14. The molecule has 1 aromatic carbocycles. The van der Waals surface area contributed by atoms with Gasteiger partial charge in [-0.3, -0.25) is 0 Å². The summed E-state index contributed by atoms with van der Waals surface area (Å²) in [5.74, 6) is -0.251. The van der Waals surface area contributed by atoms with Crippen molar-refractivity contribution in [1.82, 2.24) is 9.88 Å². The van der Waals surface area contributed by atoms with Gasteiger partial charge in [0, 0.05) is 5.39 Å². The van der Waals surface area contributed by atoms with E-state index in [-0.39, 0.29) is 0 Å². The molecule has 2 aromatic rings. The maximum atomic E-state index is 11.8. The lowest BCUT2D eigenvalue weighted by molar-refractivity contribution is -0.142. The van der Waals surface area contributed by atoms with Crippen molar-refractivity contribution >= 4 is 22.7 Å². The lowest BCUT2D eigenvalue weighted by Crippen LogP contribution is -2.44. The van der Waals surface area contributed by atoms with Crippen LogP contribution in [0.25, 0.3) is 10.9 Å². The van der Waals surface area contributed by atoms with Crippen molar-refractivity contribution in [3.63, 3.8) is 0 Å². The van der Waals surface area contributed by atoms with Crippen LogP contribution < -0.4 is 5.32 Å². The molecule has 0 aliphatic carbocycles. The monoisotopic (exact) mass is 329 g/mol. The summed E-state index contributed by atoms with van der Waals surface area (Å²) in [5.41, 5.74) is -0.166. The van der Waals surface area contributed by atoms with Crippen molar-refractivity contribution in [2.45, 2.75) is 39.2 Å². The maximum Gasteiger partial charge on any atom is 0.329 e. The fourth-order valence-electron chi connectivity index (χ4n) is 2.84. The third kappa shape index (κ3) is 4.45. The van der Waals surface area contributed by atoms with E-state index in [2.05, 4.69) is 29.0 Å². The van der Waals surface area contributed by atoms with Gasteiger partial charge in [0.15, 0.2) is 0 Å². The molecule has 1 heterocycles. The number of nitrogens with one attached hydrogen (secondary N) is 1. The number of hydrogen-bond donors (Lipinski definition) is 2. The van der Waals surface area contributed by atoms with Crippen molar-refractivity contribution in [3.05, 3.63) is 36.4 Å². The first kappa shape index (κ1) is 18.2. The quantitative estimate of drug-likeness (QED) is 0.736. The summed E-state index contributed by atoms with van der Waals surface area (Å²) in [4.78, 5) is 18.6. The van der Waals surface area contributed by atoms with E-state index in [4.69, 9.17) is 0 Å². The van der Waals surface area contributed by atoms with Gasteiger partial charge in [0.1, 0.15) is 11.4 Å². The number of carboxylic acid groups (broad SMARTS) is 1. The number of carboxylic acids is 1. The van der Waals surface area contributed by atoms with Gasteiger partial charge in [-0.05, 0) is 57.6 Å². The minimum atomic E-state index is -1.03. The highest BCUT2D eigenvalue weighted by Crippen LogP contribution is 2.22. The van der Waals surface area contributed by atoms with Gasteiger partial charge in [-0.2, -0.15) is 0 Å². The van der Waals surface area contributed by atoms with E-state index in [0.717, 1.165) is 37.0 Å². The third-order valence-electron chi connectivity index (χ3n) is 4.52. The molecule has 0 saturated carbocycles. The first-order valence-corrected chi connectivity index (χ1v) is 8.58. The van der Waals surface area contributed by atoms with Crippen LogP contribution in [0.5, 0.6) is 0 Å². The molecule has 0 radical (unpaired) electrons. The van der Waals surface area contributed by atoms with Crippen LogP contribution in [-0.4, -0.2) is 46.1 Å². The van der Waals surface area contributed by atoms with E-state index in [0.29, 0.717) is 12.2 Å². The molecule has 0 saturated heterocycles. The molecule has 5 nitrogen and oxygen atoms in total. The Morgan fingerprint density at radius 1 is 1.21 bits per heavy atom. The molecule has 0 spiro atoms. The fraction of sp³-hybridized carbons (Fsp3) is 0.474. The third-order valence-corrected chi connectivity index (χ3v) is 4.52. The first-order valence-electron chi connectivity index (χ1n) is 8.58. The highest BCUT2D eigenvalue weighted by atomic mass is 16.4. The number of hydrogen-bond acceptors (Lipinski definition) is 4. The number of pyridine rings is 1. The van der Waals surface area contributed by atoms with Crippen LogP contribution in [0.1, 0.15) is 33.6 Å². The van der Waals surface area contributed by atoms with Crippen LogP contribution in [0.3, 0.4) is 0 Å². The number of anilines is 1. The SMILES string of the molecule is CCN(CC)CCCC(C)(Nc1ccc2ccccc2n1)C(=O)O. The number of aliphatic carboxylic acids is 1. The van der Waals surface area contributed by atoms with Gasteiger partial charge >= 0.3 is 5.97 Å². The zero-order valence-electron chi connectivity index (χ0n) is 14.7. The normalized spacial score (nSPS) is 13.8. The molecule has 0 fully saturated rings. The minimum absolute atomic E-state index is 0.549. The number of para-hydroxylation sites is 1. The Morgan fingerprint density at radius 3 is 2.58 bits per heavy atom. The summed E-state index contributed by atoms with van der Waals surface area (Å²) in [7, 11) is 0. The molecule has 0 aliphatic heterocycles. The van der Waals surface area contributed by atoms with Crippen LogP contribution in [0.2, 0.25) is 0 Å². The summed E-state index contributed by atoms with van der Waals surface area (Å²) in [6.45, 7) is 8.85. The summed E-state index contributed by atoms with van der Waals surface area (Å²) in [6, 6.07) is 11.6. The number of carbonyl (C=O) groups is 1. The van der Waals surface area contributed by atoms with Crippen molar-refractivity contribution in [2.75, 3.05) is 25.0 Å². The molecule has 130 valence electrons. The predicted molar refractivity (Wildman–Crippen MR) is 98.4 cm³/mol. The van der Waals surface area contributed by atoms with Gasteiger partial charge in [-0.15, -0.1) is 0 Å². The largest absolute Gasteiger partial charge is 0.480 e. The van der Waals surface area contributed by atoms with Crippen LogP contribution in [0.15, 0.2) is 36.4 Å². The molecule has 2 rings (SSSR count). The average Bonchev–Trinajstić information content (AvgIpc) is 2.58. The molecule has 1 unspecified atom stereocenters. The summed E-state index contributed by atoms with van der Waals surface area (Å²) in [6.07, 6.45) is 1.37. The highest BCUT2D eigenvalue weighted by molar-refractivity contribution is 5.84. The molecule has 5 heteroatoms. The van der Waals surface area contributed by atoms with Gasteiger partial charge < -0.3 is 15.3 Å². The van der Waals surface area contributed by atoms with Crippen LogP contribution in [0.4, 0.5) is 5.82 Å². The molecule has 2 N–H and O–H groups in total. The van der Waals surface area contributed by atoms with Crippen molar-refractivity contribution in [1.29, 1.82) is 0 Å². The Morgan fingerprint density at radius 2 is 1.92 bits per heavy atom. The number of aromatic nitrogens is 1. The number of rotatable bonds is 9. The Bertz CT molecular complexity index is 685. The van der Waals surface area contributed by atoms with E-state index in [1.807, 2.05) is 36.4 Å². The molecule has 0 aliphatic rings. The van der Waals surface area contributed by atoms with Gasteiger partial charge in [-0.25, -0.2) is 9.78 Å². The fourth-order valence-corrected chi connectivity index (χ4v) is 2.84. The molecule has 0 amide bonds. The Balaban J connectivity index is 2.09. The molecule has 0 bridgehead atoms. The Labute approximate surface area is 143 Å². The molecule has 24 heavy (non-hydrogen) atoms. The smallest absolute Gasteiger partial charge is 0.329 e. The number of nitrogens with zero attached hydrogens (tertiary/aromatic N) is 2. The van der Waals surface area contributed by atoms with Gasteiger partial charge in [0.05, 0.1) is 5.52 Å². The zero-order chi connectivity index (χ0) is 17.6. The molecule has 1 atom stereocenters. The van der Waals surface area contributed by atoms with E-state index in [1.54, 1.807) is 6.92 Å².